The zero-order chi connectivity index (χ0) is 9.80. The lowest BCUT2D eigenvalue weighted by atomic mass is 9.98. The first kappa shape index (κ1) is 9.77. The van der Waals surface area contributed by atoms with E-state index in [-0.39, 0.29) is 18.2 Å². The molecule has 1 saturated heterocycles. The molecule has 0 bridgehead atoms. The zero-order valence-electron chi connectivity index (χ0n) is 8.33. The summed E-state index contributed by atoms with van der Waals surface area (Å²) in [5.74, 6) is 0. The van der Waals surface area contributed by atoms with Gasteiger partial charge in [-0.3, -0.25) is 0 Å². The van der Waals surface area contributed by atoms with Gasteiger partial charge in [-0.2, -0.15) is 0 Å². The molecule has 0 aromatic carbocycles. The van der Waals surface area contributed by atoms with Crippen molar-refractivity contribution in [2.45, 2.75) is 44.2 Å². The molecule has 1 heterocycles. The highest BCUT2D eigenvalue weighted by atomic mass is 16.6. The summed E-state index contributed by atoms with van der Waals surface area (Å²) in [6.45, 7) is 1.25. The fourth-order valence-electron chi connectivity index (χ4n) is 1.85. The lowest BCUT2D eigenvalue weighted by molar-refractivity contribution is -0.0102. The molecule has 0 atom stereocenters. The van der Waals surface area contributed by atoms with Crippen molar-refractivity contribution >= 4 is 6.09 Å². The fraction of sp³-hybridized carbons (Fsp3) is 0.900. The van der Waals surface area contributed by atoms with Crippen LogP contribution >= 0.6 is 0 Å². The number of amides is 1. The van der Waals surface area contributed by atoms with Crippen LogP contribution in [0.4, 0.5) is 4.79 Å². The van der Waals surface area contributed by atoms with E-state index < -0.39 is 0 Å². The van der Waals surface area contributed by atoms with Gasteiger partial charge in [0.2, 0.25) is 0 Å². The van der Waals surface area contributed by atoms with Gasteiger partial charge in [0, 0.05) is 0 Å². The molecular weight excluding hydrogens is 182 g/mol. The Hall–Kier alpha value is -0.770. The topological polar surface area (TPSA) is 47.6 Å². The first-order valence-electron chi connectivity index (χ1n) is 5.39. The highest BCUT2D eigenvalue weighted by Gasteiger charge is 2.23. The summed E-state index contributed by atoms with van der Waals surface area (Å²) in [5, 5.41) is 2.78. The smallest absolute Gasteiger partial charge is 0.407 e. The predicted molar refractivity (Wildman–Crippen MR) is 51.1 cm³/mol. The Morgan fingerprint density at radius 1 is 1.21 bits per heavy atom. The molecular formula is C10H17NO3. The zero-order valence-corrected chi connectivity index (χ0v) is 8.33. The van der Waals surface area contributed by atoms with Crippen molar-refractivity contribution in [3.63, 3.8) is 0 Å². The van der Waals surface area contributed by atoms with Crippen molar-refractivity contribution in [2.75, 3.05) is 13.2 Å². The maximum atomic E-state index is 11.3. The van der Waals surface area contributed by atoms with Crippen LogP contribution in [-0.2, 0) is 9.47 Å². The molecule has 0 spiro atoms. The van der Waals surface area contributed by atoms with E-state index in [9.17, 15) is 4.79 Å². The molecule has 1 amide bonds. The number of carbonyl (C=O) groups excluding carboxylic acids is 1. The number of nitrogens with one attached hydrogen (secondary N) is 1. The molecule has 14 heavy (non-hydrogen) atoms. The minimum atomic E-state index is -0.273. The van der Waals surface area contributed by atoms with E-state index in [1.165, 1.54) is 19.3 Å². The van der Waals surface area contributed by atoms with Gasteiger partial charge < -0.3 is 14.8 Å². The number of carbonyl (C=O) groups is 1. The molecule has 4 heteroatoms. The van der Waals surface area contributed by atoms with Gasteiger partial charge in [-0.25, -0.2) is 4.79 Å². The number of rotatable bonds is 2. The minimum Gasteiger partial charge on any atom is -0.446 e. The molecule has 1 N–H and O–H groups in total. The SMILES string of the molecule is O=C(NC1COC1)OC1CCCCC1. The Kier molecular flexibility index (Phi) is 3.24. The van der Waals surface area contributed by atoms with Gasteiger partial charge in [0.05, 0.1) is 19.3 Å². The monoisotopic (exact) mass is 199 g/mol. The van der Waals surface area contributed by atoms with Crippen molar-refractivity contribution in [3.05, 3.63) is 0 Å². The average molecular weight is 199 g/mol. The lowest BCUT2D eigenvalue weighted by Crippen LogP contribution is -2.49. The van der Waals surface area contributed by atoms with Crippen LogP contribution in [0.3, 0.4) is 0 Å². The number of ether oxygens (including phenoxy) is 2. The predicted octanol–water partition coefficient (Wildman–Crippen LogP) is 1.44. The van der Waals surface area contributed by atoms with Gasteiger partial charge in [-0.15, -0.1) is 0 Å². The summed E-state index contributed by atoms with van der Waals surface area (Å²) >= 11 is 0. The van der Waals surface area contributed by atoms with Crippen LogP contribution < -0.4 is 5.32 Å². The highest BCUT2D eigenvalue weighted by molar-refractivity contribution is 5.67. The van der Waals surface area contributed by atoms with E-state index in [0.717, 1.165) is 12.8 Å². The number of alkyl carbamates (subject to hydrolysis) is 1. The molecule has 4 nitrogen and oxygen atoms in total. The molecule has 1 aliphatic carbocycles. The summed E-state index contributed by atoms with van der Waals surface area (Å²) in [4.78, 5) is 11.3. The summed E-state index contributed by atoms with van der Waals surface area (Å²) in [5.41, 5.74) is 0. The molecule has 2 fully saturated rings. The summed E-state index contributed by atoms with van der Waals surface area (Å²) in [6.07, 6.45) is 5.56. The Morgan fingerprint density at radius 2 is 1.93 bits per heavy atom. The van der Waals surface area contributed by atoms with Crippen molar-refractivity contribution in [1.29, 1.82) is 0 Å². The third-order valence-electron chi connectivity index (χ3n) is 2.79. The van der Waals surface area contributed by atoms with Gasteiger partial charge in [0.1, 0.15) is 6.10 Å². The van der Waals surface area contributed by atoms with Gasteiger partial charge in [-0.1, -0.05) is 6.42 Å². The van der Waals surface area contributed by atoms with E-state index in [0.29, 0.717) is 13.2 Å². The van der Waals surface area contributed by atoms with Crippen LogP contribution in [0.1, 0.15) is 32.1 Å². The molecule has 0 unspecified atom stereocenters. The quantitative estimate of drug-likeness (QED) is 0.732. The second-order valence-electron chi connectivity index (χ2n) is 4.04. The largest absolute Gasteiger partial charge is 0.446 e. The molecule has 0 aromatic rings. The standard InChI is InChI=1S/C10H17NO3/c12-10(11-8-6-13-7-8)14-9-4-2-1-3-5-9/h8-9H,1-7H2,(H,11,12). The maximum absolute atomic E-state index is 11.3. The van der Waals surface area contributed by atoms with E-state index in [4.69, 9.17) is 9.47 Å². The first-order chi connectivity index (χ1) is 6.84. The highest BCUT2D eigenvalue weighted by Crippen LogP contribution is 2.20. The Labute approximate surface area is 84.0 Å². The van der Waals surface area contributed by atoms with Gasteiger partial charge >= 0.3 is 6.09 Å². The fourth-order valence-corrected chi connectivity index (χ4v) is 1.85. The molecule has 0 radical (unpaired) electrons. The molecule has 2 aliphatic rings. The number of hydrogen-bond donors (Lipinski definition) is 1. The molecule has 1 saturated carbocycles. The van der Waals surface area contributed by atoms with Crippen molar-refractivity contribution < 1.29 is 14.3 Å². The maximum Gasteiger partial charge on any atom is 0.407 e. The minimum absolute atomic E-state index is 0.143. The summed E-state index contributed by atoms with van der Waals surface area (Å²) in [6, 6.07) is 0.172. The van der Waals surface area contributed by atoms with Crippen molar-refractivity contribution in [2.24, 2.45) is 0 Å². The van der Waals surface area contributed by atoms with Crippen LogP contribution in [0.15, 0.2) is 0 Å². The van der Waals surface area contributed by atoms with E-state index in [1.807, 2.05) is 0 Å². The van der Waals surface area contributed by atoms with Crippen molar-refractivity contribution in [1.82, 2.24) is 5.32 Å². The molecule has 1 aliphatic heterocycles. The third kappa shape index (κ3) is 2.61. The normalized spacial score (nSPS) is 24.0. The van der Waals surface area contributed by atoms with E-state index in [1.54, 1.807) is 0 Å². The van der Waals surface area contributed by atoms with Gasteiger partial charge in [-0.05, 0) is 25.7 Å². The van der Waals surface area contributed by atoms with Gasteiger partial charge in [0.25, 0.3) is 0 Å². The van der Waals surface area contributed by atoms with E-state index >= 15 is 0 Å². The van der Waals surface area contributed by atoms with Gasteiger partial charge in [0.15, 0.2) is 0 Å². The average Bonchev–Trinajstić information content (AvgIpc) is 2.13. The van der Waals surface area contributed by atoms with Crippen LogP contribution in [0.25, 0.3) is 0 Å². The molecule has 0 aromatic heterocycles. The Bertz CT molecular complexity index is 198. The Morgan fingerprint density at radius 3 is 2.50 bits per heavy atom. The van der Waals surface area contributed by atoms with Crippen molar-refractivity contribution in [3.8, 4) is 0 Å². The van der Waals surface area contributed by atoms with Crippen LogP contribution in [-0.4, -0.2) is 31.5 Å². The van der Waals surface area contributed by atoms with E-state index in [2.05, 4.69) is 5.32 Å². The summed E-state index contributed by atoms with van der Waals surface area (Å²) in [7, 11) is 0. The molecule has 2 rings (SSSR count). The second-order valence-corrected chi connectivity index (χ2v) is 4.04. The lowest BCUT2D eigenvalue weighted by Gasteiger charge is -2.28. The van der Waals surface area contributed by atoms with Crippen LogP contribution in [0.5, 0.6) is 0 Å². The second kappa shape index (κ2) is 4.64. The third-order valence-corrected chi connectivity index (χ3v) is 2.79. The molecule has 80 valence electrons. The first-order valence-corrected chi connectivity index (χ1v) is 5.39. The number of hydrogen-bond acceptors (Lipinski definition) is 3. The summed E-state index contributed by atoms with van der Waals surface area (Å²) < 4.78 is 10.2. The van der Waals surface area contributed by atoms with Crippen LogP contribution in [0.2, 0.25) is 0 Å². The van der Waals surface area contributed by atoms with Crippen LogP contribution in [0, 0.1) is 0 Å². The Balaban J connectivity index is 1.64.